The molecule has 0 unspecified atom stereocenters. The molecule has 0 radical (unpaired) electrons. The van der Waals surface area contributed by atoms with Gasteiger partial charge in [0, 0.05) is 17.1 Å². The van der Waals surface area contributed by atoms with Gasteiger partial charge in [-0.05, 0) is 43.7 Å². The summed E-state index contributed by atoms with van der Waals surface area (Å²) in [5.74, 6) is 1.54. The molecule has 0 fully saturated rings. The van der Waals surface area contributed by atoms with Gasteiger partial charge in [-0.25, -0.2) is 0 Å². The summed E-state index contributed by atoms with van der Waals surface area (Å²) in [5, 5.41) is 4.25. The van der Waals surface area contributed by atoms with Gasteiger partial charge in [0.15, 0.2) is 11.5 Å². The van der Waals surface area contributed by atoms with E-state index in [0.717, 1.165) is 35.2 Å². The summed E-state index contributed by atoms with van der Waals surface area (Å²) in [7, 11) is 0. The highest BCUT2D eigenvalue weighted by Gasteiger charge is 2.08. The quantitative estimate of drug-likeness (QED) is 0.315. The smallest absolute Gasteiger partial charge is 0.161 e. The summed E-state index contributed by atoms with van der Waals surface area (Å²) in [6.45, 7) is 7.18. The fourth-order valence-corrected chi connectivity index (χ4v) is 3.27. The Kier molecular flexibility index (Phi) is 13.6. The fraction of sp³-hybridized carbons (Fsp3) is 0.500. The summed E-state index contributed by atoms with van der Waals surface area (Å²) in [4.78, 5) is 0. The van der Waals surface area contributed by atoms with Gasteiger partial charge >= 0.3 is 0 Å². The van der Waals surface area contributed by atoms with Crippen molar-refractivity contribution in [1.29, 1.82) is 0 Å². The normalized spacial score (nSPS) is 10.4. The molecule has 5 heteroatoms. The van der Waals surface area contributed by atoms with E-state index in [0.29, 0.717) is 13.2 Å². The van der Waals surface area contributed by atoms with Crippen molar-refractivity contribution in [2.24, 2.45) is 0 Å². The molecule has 0 aliphatic heterocycles. The van der Waals surface area contributed by atoms with Gasteiger partial charge in [0.05, 0.1) is 6.61 Å². The highest BCUT2D eigenvalue weighted by molar-refractivity contribution is 6.31. The summed E-state index contributed by atoms with van der Waals surface area (Å²) >= 11 is 6.22. The van der Waals surface area contributed by atoms with Crippen LogP contribution in [-0.4, -0.2) is 13.2 Å². The summed E-state index contributed by atoms with van der Waals surface area (Å²) in [6, 6.07) is 13.9. The molecule has 0 aliphatic rings. The first-order valence-electron chi connectivity index (χ1n) is 10.6. The van der Waals surface area contributed by atoms with Crippen molar-refractivity contribution in [1.82, 2.24) is 5.32 Å². The molecule has 162 valence electrons. The van der Waals surface area contributed by atoms with Gasteiger partial charge in [0.2, 0.25) is 0 Å². The van der Waals surface area contributed by atoms with Crippen LogP contribution < -0.4 is 14.8 Å². The number of nitrogens with one attached hydrogen (secondary N) is 1. The average Bonchev–Trinajstić information content (AvgIpc) is 2.70. The van der Waals surface area contributed by atoms with Crippen LogP contribution >= 0.6 is 24.0 Å². The van der Waals surface area contributed by atoms with Gasteiger partial charge in [0.25, 0.3) is 0 Å². The second-order valence-corrected chi connectivity index (χ2v) is 7.45. The lowest BCUT2D eigenvalue weighted by atomic mass is 10.1. The molecule has 0 saturated carbocycles. The van der Waals surface area contributed by atoms with E-state index in [1.807, 2.05) is 37.3 Å². The molecule has 29 heavy (non-hydrogen) atoms. The first-order chi connectivity index (χ1) is 13.7. The summed E-state index contributed by atoms with van der Waals surface area (Å²) in [6.07, 6.45) is 7.93. The zero-order chi connectivity index (χ0) is 20.0. The fourth-order valence-electron chi connectivity index (χ4n) is 3.08. The third-order valence-corrected chi connectivity index (χ3v) is 5.05. The van der Waals surface area contributed by atoms with Crippen LogP contribution in [0.15, 0.2) is 42.5 Å². The lowest BCUT2D eigenvalue weighted by Crippen LogP contribution is -2.14. The van der Waals surface area contributed by atoms with Crippen molar-refractivity contribution in [2.75, 3.05) is 13.2 Å². The van der Waals surface area contributed by atoms with Crippen LogP contribution in [0.5, 0.6) is 11.5 Å². The van der Waals surface area contributed by atoms with Crippen LogP contribution in [0.3, 0.4) is 0 Å². The average molecular weight is 440 g/mol. The van der Waals surface area contributed by atoms with Crippen molar-refractivity contribution in [3.8, 4) is 11.5 Å². The topological polar surface area (TPSA) is 30.5 Å². The van der Waals surface area contributed by atoms with E-state index in [1.165, 1.54) is 44.1 Å². The first kappa shape index (κ1) is 25.6. The van der Waals surface area contributed by atoms with E-state index in [1.54, 1.807) is 0 Å². The number of halogens is 2. The van der Waals surface area contributed by atoms with Crippen molar-refractivity contribution >= 4 is 24.0 Å². The maximum Gasteiger partial charge on any atom is 0.161 e. The largest absolute Gasteiger partial charge is 0.490 e. The van der Waals surface area contributed by atoms with Crippen LogP contribution in [0.1, 0.15) is 63.5 Å². The van der Waals surface area contributed by atoms with E-state index >= 15 is 0 Å². The molecule has 0 aromatic heterocycles. The van der Waals surface area contributed by atoms with Crippen LogP contribution in [0.2, 0.25) is 5.02 Å². The molecule has 1 N–H and O–H groups in total. The number of benzene rings is 2. The lowest BCUT2D eigenvalue weighted by molar-refractivity contribution is 0.269. The molecule has 2 rings (SSSR count). The first-order valence-corrected chi connectivity index (χ1v) is 10.9. The standard InChI is InChI=1S/C24H34ClNO2.ClH/c1-3-5-6-7-8-11-16-26-18-20-14-15-23(24(17-20)27-4-2)28-19-21-12-9-10-13-22(21)25;/h9-10,12-15,17,26H,3-8,11,16,18-19H2,1-2H3;1H. The van der Waals surface area contributed by atoms with Crippen LogP contribution in [0.4, 0.5) is 0 Å². The Hall–Kier alpha value is -1.42. The predicted octanol–water partition coefficient (Wildman–Crippen LogP) is 7.19. The summed E-state index contributed by atoms with van der Waals surface area (Å²) < 4.78 is 11.8. The number of rotatable bonds is 14. The Bertz CT molecular complexity index is 694. The van der Waals surface area contributed by atoms with Gasteiger partial charge in [0.1, 0.15) is 6.61 Å². The predicted molar refractivity (Wildman–Crippen MR) is 126 cm³/mol. The second kappa shape index (κ2) is 15.4. The van der Waals surface area contributed by atoms with Crippen LogP contribution in [-0.2, 0) is 13.2 Å². The van der Waals surface area contributed by atoms with Gasteiger partial charge in [-0.15, -0.1) is 12.4 Å². The SMILES string of the molecule is CCCCCCCCNCc1ccc(OCc2ccccc2Cl)c(OCC)c1.Cl. The number of hydrogen-bond donors (Lipinski definition) is 1. The minimum Gasteiger partial charge on any atom is -0.490 e. The molecular formula is C24H35Cl2NO2. The Labute approximate surface area is 187 Å². The Morgan fingerprint density at radius 2 is 1.62 bits per heavy atom. The van der Waals surface area contributed by atoms with Crippen molar-refractivity contribution in [3.05, 3.63) is 58.6 Å². The molecule has 0 heterocycles. The van der Waals surface area contributed by atoms with Gasteiger partial charge < -0.3 is 14.8 Å². The molecule has 2 aromatic carbocycles. The number of ether oxygens (including phenoxy) is 2. The maximum atomic E-state index is 6.22. The van der Waals surface area contributed by atoms with Crippen LogP contribution in [0, 0.1) is 0 Å². The monoisotopic (exact) mass is 439 g/mol. The molecule has 0 spiro atoms. The van der Waals surface area contributed by atoms with E-state index in [4.69, 9.17) is 21.1 Å². The van der Waals surface area contributed by atoms with E-state index in [2.05, 4.69) is 24.4 Å². The minimum atomic E-state index is 0. The molecule has 0 amide bonds. The molecule has 3 nitrogen and oxygen atoms in total. The molecule has 0 atom stereocenters. The third kappa shape index (κ3) is 9.75. The van der Waals surface area contributed by atoms with E-state index in [-0.39, 0.29) is 12.4 Å². The van der Waals surface area contributed by atoms with E-state index < -0.39 is 0 Å². The van der Waals surface area contributed by atoms with Crippen LogP contribution in [0.25, 0.3) is 0 Å². The van der Waals surface area contributed by atoms with E-state index in [9.17, 15) is 0 Å². The highest BCUT2D eigenvalue weighted by Crippen LogP contribution is 2.30. The Morgan fingerprint density at radius 1 is 0.862 bits per heavy atom. The highest BCUT2D eigenvalue weighted by atomic mass is 35.5. The zero-order valence-corrected chi connectivity index (χ0v) is 19.3. The minimum absolute atomic E-state index is 0. The van der Waals surface area contributed by atoms with Gasteiger partial charge in [-0.3, -0.25) is 0 Å². The number of unbranched alkanes of at least 4 members (excludes halogenated alkanes) is 5. The van der Waals surface area contributed by atoms with Crippen molar-refractivity contribution in [3.63, 3.8) is 0 Å². The number of hydrogen-bond acceptors (Lipinski definition) is 3. The van der Waals surface area contributed by atoms with Gasteiger partial charge in [-0.2, -0.15) is 0 Å². The maximum absolute atomic E-state index is 6.22. The van der Waals surface area contributed by atoms with Crippen molar-refractivity contribution < 1.29 is 9.47 Å². The second-order valence-electron chi connectivity index (χ2n) is 7.04. The van der Waals surface area contributed by atoms with Gasteiger partial charge in [-0.1, -0.05) is 74.9 Å². The zero-order valence-electron chi connectivity index (χ0n) is 17.7. The molecule has 2 aromatic rings. The molecule has 0 saturated heterocycles. The molecule has 0 bridgehead atoms. The molecule has 0 aliphatic carbocycles. The molecular weight excluding hydrogens is 405 g/mol. The summed E-state index contributed by atoms with van der Waals surface area (Å²) in [5.41, 5.74) is 2.18. The van der Waals surface area contributed by atoms with Crippen molar-refractivity contribution in [2.45, 2.75) is 65.5 Å². The Balaban J connectivity index is 0.00000420. The lowest BCUT2D eigenvalue weighted by Gasteiger charge is -2.14. The third-order valence-electron chi connectivity index (χ3n) is 4.69. The Morgan fingerprint density at radius 3 is 2.38 bits per heavy atom.